The molecule has 0 heterocycles. The van der Waals surface area contributed by atoms with Crippen LogP contribution in [0.15, 0.2) is 77.7 Å². The van der Waals surface area contributed by atoms with E-state index < -0.39 is 15.9 Å². The maximum Gasteiger partial charge on any atom is 0.339 e. The lowest BCUT2D eigenvalue weighted by Crippen LogP contribution is -2.37. The molecule has 3 aromatic carbocycles. The van der Waals surface area contributed by atoms with Gasteiger partial charge in [0.2, 0.25) is 0 Å². The minimum Gasteiger partial charge on any atom is -0.492 e. The molecule has 0 fully saturated rings. The van der Waals surface area contributed by atoms with E-state index in [-0.39, 0.29) is 29.1 Å². The van der Waals surface area contributed by atoms with E-state index >= 15 is 0 Å². The molecule has 3 rings (SSSR count). The first kappa shape index (κ1) is 26.0. The zero-order chi connectivity index (χ0) is 25.4. The van der Waals surface area contributed by atoms with E-state index in [9.17, 15) is 17.6 Å². The van der Waals surface area contributed by atoms with E-state index in [1.54, 1.807) is 35.2 Å². The number of nitrogens with zero attached hydrogens (tertiary/aromatic N) is 1. The van der Waals surface area contributed by atoms with Crippen LogP contribution in [-0.4, -0.2) is 32.5 Å². The first-order valence-electron chi connectivity index (χ1n) is 11.2. The number of halogens is 1. The molecule has 0 aliphatic carbocycles. The average molecular weight is 501 g/mol. The Morgan fingerprint density at radius 3 is 2.43 bits per heavy atom. The van der Waals surface area contributed by atoms with Crippen molar-refractivity contribution in [3.8, 4) is 11.5 Å². The molecular formula is C26H29FN2O5S. The Balaban J connectivity index is 1.77. The third-order valence-corrected chi connectivity index (χ3v) is 6.14. The topological polar surface area (TPSA) is 84.9 Å². The van der Waals surface area contributed by atoms with Crippen molar-refractivity contribution in [2.75, 3.05) is 18.5 Å². The highest BCUT2D eigenvalue weighted by molar-refractivity contribution is 7.87. The van der Waals surface area contributed by atoms with E-state index in [4.69, 9.17) is 8.92 Å². The molecule has 0 spiro atoms. The first-order chi connectivity index (χ1) is 16.7. The summed E-state index contributed by atoms with van der Waals surface area (Å²) in [5, 5.41) is 2.90. The van der Waals surface area contributed by atoms with Crippen LogP contribution in [0.25, 0.3) is 0 Å². The van der Waals surface area contributed by atoms with Crippen LogP contribution < -0.4 is 14.2 Å². The molecule has 0 aliphatic heterocycles. The molecule has 0 unspecified atom stereocenters. The van der Waals surface area contributed by atoms with Crippen LogP contribution in [0.1, 0.15) is 26.3 Å². The number of rotatable bonds is 10. The fourth-order valence-corrected chi connectivity index (χ4v) is 4.32. The number of nitrogens with one attached hydrogen (secondary N) is 1. The van der Waals surface area contributed by atoms with Crippen LogP contribution in [0.5, 0.6) is 11.5 Å². The molecule has 0 radical (unpaired) electrons. The lowest BCUT2D eigenvalue weighted by Gasteiger charge is -2.25. The number of amides is 2. The Morgan fingerprint density at radius 1 is 1.03 bits per heavy atom. The van der Waals surface area contributed by atoms with Gasteiger partial charge in [0, 0.05) is 13.1 Å². The summed E-state index contributed by atoms with van der Waals surface area (Å²) in [5.74, 6) is 0.326. The normalized spacial score (nSPS) is 11.2. The number of carbonyl (C=O) groups excluding carboxylic acids is 1. The monoisotopic (exact) mass is 500 g/mol. The van der Waals surface area contributed by atoms with Gasteiger partial charge in [0.1, 0.15) is 22.2 Å². The highest BCUT2D eigenvalue weighted by Gasteiger charge is 2.20. The molecule has 9 heteroatoms. The SMILES string of the molecule is CCOc1ccccc1NC(=O)N(Cc1cccc(OS(=O)(=O)c2ccc(F)cc2)c1)CC(C)C. The van der Waals surface area contributed by atoms with Gasteiger partial charge in [0.05, 0.1) is 12.3 Å². The van der Waals surface area contributed by atoms with Crippen LogP contribution in [0, 0.1) is 11.7 Å². The van der Waals surface area contributed by atoms with E-state index in [1.165, 1.54) is 6.07 Å². The van der Waals surface area contributed by atoms with E-state index in [1.807, 2.05) is 32.9 Å². The summed E-state index contributed by atoms with van der Waals surface area (Å²) in [6.45, 7) is 7.05. The van der Waals surface area contributed by atoms with Crippen LogP contribution in [-0.2, 0) is 16.7 Å². The molecule has 0 saturated carbocycles. The summed E-state index contributed by atoms with van der Waals surface area (Å²) < 4.78 is 49.1. The van der Waals surface area contributed by atoms with Crippen LogP contribution in [0.3, 0.4) is 0 Å². The Kier molecular flexibility index (Phi) is 8.70. The van der Waals surface area contributed by atoms with Crippen molar-refractivity contribution in [3.05, 3.63) is 84.2 Å². The molecular weight excluding hydrogens is 471 g/mol. The number of para-hydroxylation sites is 2. The second-order valence-corrected chi connectivity index (χ2v) is 9.82. The fraction of sp³-hybridized carbons (Fsp3) is 0.269. The zero-order valence-electron chi connectivity index (χ0n) is 19.9. The molecule has 0 bridgehead atoms. The van der Waals surface area contributed by atoms with Crippen molar-refractivity contribution in [1.82, 2.24) is 4.90 Å². The maximum atomic E-state index is 13.1. The smallest absolute Gasteiger partial charge is 0.339 e. The highest BCUT2D eigenvalue weighted by Crippen LogP contribution is 2.25. The van der Waals surface area contributed by atoms with E-state index in [2.05, 4.69) is 5.32 Å². The Morgan fingerprint density at radius 2 is 1.74 bits per heavy atom. The minimum atomic E-state index is -4.14. The molecule has 0 saturated heterocycles. The van der Waals surface area contributed by atoms with Gasteiger partial charge in [-0.05, 0) is 66.9 Å². The predicted molar refractivity (Wildman–Crippen MR) is 133 cm³/mol. The van der Waals surface area contributed by atoms with E-state index in [0.717, 1.165) is 24.3 Å². The third-order valence-electron chi connectivity index (χ3n) is 4.88. The fourth-order valence-electron chi connectivity index (χ4n) is 3.40. The zero-order valence-corrected chi connectivity index (χ0v) is 20.7. The van der Waals surface area contributed by atoms with Crippen molar-refractivity contribution in [2.24, 2.45) is 5.92 Å². The first-order valence-corrected chi connectivity index (χ1v) is 12.7. The number of ether oxygens (including phenoxy) is 1. The molecule has 0 aromatic heterocycles. The Labute approximate surface area is 205 Å². The molecule has 35 heavy (non-hydrogen) atoms. The average Bonchev–Trinajstić information content (AvgIpc) is 2.80. The second kappa shape index (κ2) is 11.7. The number of hydrogen-bond acceptors (Lipinski definition) is 5. The van der Waals surface area contributed by atoms with Crippen LogP contribution in [0.2, 0.25) is 0 Å². The molecule has 0 atom stereocenters. The molecule has 7 nitrogen and oxygen atoms in total. The maximum absolute atomic E-state index is 13.1. The summed E-state index contributed by atoms with van der Waals surface area (Å²) in [6.07, 6.45) is 0. The van der Waals surface area contributed by atoms with Crippen molar-refractivity contribution < 1.29 is 26.5 Å². The van der Waals surface area contributed by atoms with Gasteiger partial charge in [0.15, 0.2) is 0 Å². The van der Waals surface area contributed by atoms with Crippen LogP contribution >= 0.6 is 0 Å². The van der Waals surface area contributed by atoms with E-state index in [0.29, 0.717) is 30.2 Å². The van der Waals surface area contributed by atoms with Crippen molar-refractivity contribution in [2.45, 2.75) is 32.2 Å². The van der Waals surface area contributed by atoms with Gasteiger partial charge in [-0.1, -0.05) is 38.1 Å². The highest BCUT2D eigenvalue weighted by atomic mass is 32.2. The second-order valence-electron chi connectivity index (χ2n) is 8.27. The van der Waals surface area contributed by atoms with Gasteiger partial charge >= 0.3 is 16.1 Å². The summed E-state index contributed by atoms with van der Waals surface area (Å²) >= 11 is 0. The third kappa shape index (κ3) is 7.45. The number of anilines is 1. The quantitative estimate of drug-likeness (QED) is 0.362. The summed E-state index contributed by atoms with van der Waals surface area (Å²) in [5.41, 5.74) is 1.25. The van der Waals surface area contributed by atoms with Gasteiger partial charge in [-0.3, -0.25) is 0 Å². The number of hydrogen-bond donors (Lipinski definition) is 1. The minimum absolute atomic E-state index is 0.0958. The lowest BCUT2D eigenvalue weighted by atomic mass is 10.1. The summed E-state index contributed by atoms with van der Waals surface area (Å²) in [4.78, 5) is 14.6. The lowest BCUT2D eigenvalue weighted by molar-refractivity contribution is 0.201. The summed E-state index contributed by atoms with van der Waals surface area (Å²) in [6, 6.07) is 17.8. The van der Waals surface area contributed by atoms with Gasteiger partial charge in [-0.25, -0.2) is 9.18 Å². The number of carbonyl (C=O) groups is 1. The van der Waals surface area contributed by atoms with Crippen LogP contribution in [0.4, 0.5) is 14.9 Å². The predicted octanol–water partition coefficient (Wildman–Crippen LogP) is 5.68. The number of benzene rings is 3. The standard InChI is InChI=1S/C26H29FN2O5S/c1-4-33-25-11-6-5-10-24(25)28-26(30)29(17-19(2)3)18-20-8-7-9-22(16-20)34-35(31,32)23-14-12-21(27)13-15-23/h5-16,19H,4,17-18H2,1-3H3,(H,28,30). The number of urea groups is 1. The van der Waals surface area contributed by atoms with Gasteiger partial charge in [0.25, 0.3) is 0 Å². The van der Waals surface area contributed by atoms with Gasteiger partial charge in [-0.15, -0.1) is 0 Å². The molecule has 186 valence electrons. The largest absolute Gasteiger partial charge is 0.492 e. The Bertz CT molecular complexity index is 1250. The van der Waals surface area contributed by atoms with Crippen molar-refractivity contribution in [1.29, 1.82) is 0 Å². The van der Waals surface area contributed by atoms with Crippen molar-refractivity contribution >= 4 is 21.8 Å². The van der Waals surface area contributed by atoms with Gasteiger partial charge < -0.3 is 19.1 Å². The Hall–Kier alpha value is -3.59. The summed E-state index contributed by atoms with van der Waals surface area (Å²) in [7, 11) is -4.14. The molecule has 2 amide bonds. The molecule has 0 aliphatic rings. The molecule has 3 aromatic rings. The molecule has 1 N–H and O–H groups in total. The van der Waals surface area contributed by atoms with Crippen molar-refractivity contribution in [3.63, 3.8) is 0 Å². The van der Waals surface area contributed by atoms with Gasteiger partial charge in [-0.2, -0.15) is 8.42 Å².